The highest BCUT2D eigenvalue weighted by Gasteiger charge is 2.25. The van der Waals surface area contributed by atoms with E-state index in [1.807, 2.05) is 4.90 Å². The molecule has 5 heteroatoms. The van der Waals surface area contributed by atoms with Gasteiger partial charge in [0.25, 0.3) is 5.91 Å². The second-order valence-electron chi connectivity index (χ2n) is 6.60. The third-order valence-electron chi connectivity index (χ3n) is 5.00. The fraction of sp³-hybridized carbons (Fsp3) is 0.706. The van der Waals surface area contributed by atoms with Crippen LogP contribution >= 0.6 is 0 Å². The number of hydrogen-bond acceptors (Lipinski definition) is 4. The van der Waals surface area contributed by atoms with Crippen molar-refractivity contribution in [2.45, 2.75) is 38.6 Å². The Morgan fingerprint density at radius 2 is 1.91 bits per heavy atom. The minimum Gasteiger partial charge on any atom is -0.467 e. The molecule has 1 aromatic heterocycles. The Morgan fingerprint density at radius 1 is 1.18 bits per heavy atom. The molecule has 0 spiro atoms. The molecule has 1 aromatic rings. The molecule has 0 radical (unpaired) electrons. The minimum absolute atomic E-state index is 0.0702. The number of carbonyl (C=O) groups is 1. The summed E-state index contributed by atoms with van der Waals surface area (Å²) in [5, 5.41) is 0. The van der Waals surface area contributed by atoms with Gasteiger partial charge < -0.3 is 15.1 Å². The van der Waals surface area contributed by atoms with Gasteiger partial charge in [-0.25, -0.2) is 0 Å². The summed E-state index contributed by atoms with van der Waals surface area (Å²) >= 11 is 0. The van der Waals surface area contributed by atoms with Gasteiger partial charge in [0, 0.05) is 32.7 Å². The fourth-order valence-electron chi connectivity index (χ4n) is 3.65. The van der Waals surface area contributed by atoms with Crippen LogP contribution in [-0.4, -0.2) is 48.4 Å². The van der Waals surface area contributed by atoms with E-state index >= 15 is 0 Å². The van der Waals surface area contributed by atoms with Gasteiger partial charge in [-0.2, -0.15) is 0 Å². The van der Waals surface area contributed by atoms with Gasteiger partial charge in [0.15, 0.2) is 0 Å². The fourth-order valence-corrected chi connectivity index (χ4v) is 3.65. The van der Waals surface area contributed by atoms with Gasteiger partial charge in [-0.1, -0.05) is 19.3 Å². The first-order chi connectivity index (χ1) is 10.8. The standard InChI is InChI=1S/C17H27N3O2/c18-11-16-10-15(13-22-16)17(21)20-8-6-19(7-9-20)12-14-4-2-1-3-5-14/h10,13-14H,1-9,11-12,18H2. The molecule has 2 aliphatic rings. The first-order valence-corrected chi connectivity index (χ1v) is 8.55. The van der Waals surface area contributed by atoms with Gasteiger partial charge >= 0.3 is 0 Å². The molecular formula is C17H27N3O2. The van der Waals surface area contributed by atoms with Crippen molar-refractivity contribution in [2.75, 3.05) is 32.7 Å². The summed E-state index contributed by atoms with van der Waals surface area (Å²) in [6.07, 6.45) is 8.50. The van der Waals surface area contributed by atoms with Crippen LogP contribution < -0.4 is 5.73 Å². The summed E-state index contributed by atoms with van der Waals surface area (Å²) < 4.78 is 5.26. The van der Waals surface area contributed by atoms with Crippen LogP contribution in [0.1, 0.15) is 48.2 Å². The quantitative estimate of drug-likeness (QED) is 0.925. The molecule has 2 fully saturated rings. The largest absolute Gasteiger partial charge is 0.467 e. The molecule has 0 aromatic carbocycles. The van der Waals surface area contributed by atoms with E-state index in [2.05, 4.69) is 4.90 Å². The van der Waals surface area contributed by atoms with Gasteiger partial charge in [0.2, 0.25) is 0 Å². The first kappa shape index (κ1) is 15.6. The summed E-state index contributed by atoms with van der Waals surface area (Å²) in [5.74, 6) is 1.61. The zero-order chi connectivity index (χ0) is 15.4. The lowest BCUT2D eigenvalue weighted by Gasteiger charge is -2.37. The van der Waals surface area contributed by atoms with Crippen molar-refractivity contribution in [2.24, 2.45) is 11.7 Å². The molecule has 1 saturated carbocycles. The normalized spacial score (nSPS) is 21.2. The van der Waals surface area contributed by atoms with Crippen LogP contribution in [0.2, 0.25) is 0 Å². The van der Waals surface area contributed by atoms with Crippen LogP contribution in [0.5, 0.6) is 0 Å². The maximum atomic E-state index is 12.4. The molecule has 0 atom stereocenters. The highest BCUT2D eigenvalue weighted by Crippen LogP contribution is 2.24. The third kappa shape index (κ3) is 3.70. The van der Waals surface area contributed by atoms with Crippen LogP contribution in [0.25, 0.3) is 0 Å². The van der Waals surface area contributed by atoms with E-state index in [1.54, 1.807) is 6.07 Å². The maximum absolute atomic E-state index is 12.4. The molecule has 1 amide bonds. The summed E-state index contributed by atoms with van der Waals surface area (Å²) in [6, 6.07) is 1.76. The summed E-state index contributed by atoms with van der Waals surface area (Å²) in [7, 11) is 0. The molecule has 2 N–H and O–H groups in total. The first-order valence-electron chi connectivity index (χ1n) is 8.55. The predicted molar refractivity (Wildman–Crippen MR) is 85.5 cm³/mol. The van der Waals surface area contributed by atoms with E-state index in [-0.39, 0.29) is 5.91 Å². The zero-order valence-corrected chi connectivity index (χ0v) is 13.3. The van der Waals surface area contributed by atoms with E-state index in [9.17, 15) is 4.79 Å². The number of hydrogen-bond donors (Lipinski definition) is 1. The predicted octanol–water partition coefficient (Wildman–Crippen LogP) is 2.08. The van der Waals surface area contributed by atoms with E-state index in [4.69, 9.17) is 10.2 Å². The lowest BCUT2D eigenvalue weighted by Crippen LogP contribution is -2.49. The minimum atomic E-state index is 0.0702. The molecule has 1 saturated heterocycles. The number of furan rings is 1. The highest BCUT2D eigenvalue weighted by atomic mass is 16.3. The van der Waals surface area contributed by atoms with Crippen molar-refractivity contribution in [3.63, 3.8) is 0 Å². The molecule has 22 heavy (non-hydrogen) atoms. The number of nitrogens with zero attached hydrogens (tertiary/aromatic N) is 2. The topological polar surface area (TPSA) is 62.7 Å². The Bertz CT molecular complexity index is 486. The van der Waals surface area contributed by atoms with E-state index in [0.717, 1.165) is 32.1 Å². The SMILES string of the molecule is NCc1cc(C(=O)N2CCN(CC3CCCCC3)CC2)co1. The lowest BCUT2D eigenvalue weighted by atomic mass is 9.89. The van der Waals surface area contributed by atoms with Gasteiger partial charge in [-0.15, -0.1) is 0 Å². The summed E-state index contributed by atoms with van der Waals surface area (Å²) in [6.45, 7) is 5.16. The smallest absolute Gasteiger partial charge is 0.257 e. The molecule has 5 nitrogen and oxygen atoms in total. The summed E-state index contributed by atoms with van der Waals surface area (Å²) in [4.78, 5) is 16.9. The highest BCUT2D eigenvalue weighted by molar-refractivity contribution is 5.94. The second kappa shape index (κ2) is 7.29. The van der Waals surface area contributed by atoms with Gasteiger partial charge in [0.1, 0.15) is 12.0 Å². The van der Waals surface area contributed by atoms with Crippen LogP contribution in [0.4, 0.5) is 0 Å². The molecule has 0 bridgehead atoms. The Kier molecular flexibility index (Phi) is 5.16. The average Bonchev–Trinajstić information content (AvgIpc) is 3.05. The molecule has 0 unspecified atom stereocenters. The Balaban J connectivity index is 1.47. The molecule has 2 heterocycles. The van der Waals surface area contributed by atoms with Crippen LogP contribution in [0, 0.1) is 5.92 Å². The summed E-state index contributed by atoms with van der Waals surface area (Å²) in [5.41, 5.74) is 6.15. The molecular weight excluding hydrogens is 278 g/mol. The van der Waals surface area contributed by atoms with Gasteiger partial charge in [-0.05, 0) is 24.8 Å². The molecule has 1 aliphatic heterocycles. The molecule has 122 valence electrons. The van der Waals surface area contributed by atoms with Crippen molar-refractivity contribution in [3.8, 4) is 0 Å². The number of piperazine rings is 1. The zero-order valence-electron chi connectivity index (χ0n) is 13.3. The lowest BCUT2D eigenvalue weighted by molar-refractivity contribution is 0.0605. The average molecular weight is 305 g/mol. The Morgan fingerprint density at radius 3 is 2.55 bits per heavy atom. The number of amides is 1. The van der Waals surface area contributed by atoms with Crippen molar-refractivity contribution < 1.29 is 9.21 Å². The second-order valence-corrected chi connectivity index (χ2v) is 6.60. The van der Waals surface area contributed by atoms with Gasteiger partial charge in [0.05, 0.1) is 12.1 Å². The van der Waals surface area contributed by atoms with Crippen molar-refractivity contribution in [1.82, 2.24) is 9.80 Å². The van der Waals surface area contributed by atoms with E-state index in [0.29, 0.717) is 17.9 Å². The Labute approximate surface area is 132 Å². The maximum Gasteiger partial charge on any atom is 0.257 e. The van der Waals surface area contributed by atoms with Crippen LogP contribution in [0.3, 0.4) is 0 Å². The van der Waals surface area contributed by atoms with Crippen LogP contribution in [0.15, 0.2) is 16.7 Å². The van der Waals surface area contributed by atoms with Crippen LogP contribution in [-0.2, 0) is 6.54 Å². The van der Waals surface area contributed by atoms with Crippen molar-refractivity contribution >= 4 is 5.91 Å². The number of nitrogens with two attached hydrogens (primary N) is 1. The monoisotopic (exact) mass is 305 g/mol. The van der Waals surface area contributed by atoms with Crippen molar-refractivity contribution in [3.05, 3.63) is 23.7 Å². The van der Waals surface area contributed by atoms with Gasteiger partial charge in [-0.3, -0.25) is 9.69 Å². The third-order valence-corrected chi connectivity index (χ3v) is 5.00. The Hall–Kier alpha value is -1.33. The van der Waals surface area contributed by atoms with E-state index in [1.165, 1.54) is 44.9 Å². The molecule has 1 aliphatic carbocycles. The molecule has 3 rings (SSSR count). The number of carbonyl (C=O) groups excluding carboxylic acids is 1. The van der Waals surface area contributed by atoms with E-state index < -0.39 is 0 Å². The number of rotatable bonds is 4. The van der Waals surface area contributed by atoms with Crippen molar-refractivity contribution in [1.29, 1.82) is 0 Å².